The fraction of sp³-hybridized carbons (Fsp3) is 0.471. The number of amides is 2. The van der Waals surface area contributed by atoms with Crippen molar-refractivity contribution in [2.45, 2.75) is 39.3 Å². The molecular weight excluding hydrogens is 296 g/mol. The number of rotatable bonds is 6. The smallest absolute Gasteiger partial charge is 0.307 e. The summed E-state index contributed by atoms with van der Waals surface area (Å²) in [4.78, 5) is 36.4. The van der Waals surface area contributed by atoms with Crippen LogP contribution in [0.2, 0.25) is 0 Å². The first-order chi connectivity index (χ1) is 10.9. The lowest BCUT2D eigenvalue weighted by Crippen LogP contribution is -2.35. The number of hydrogen-bond acceptors (Lipinski definition) is 3. The molecule has 23 heavy (non-hydrogen) atoms. The van der Waals surface area contributed by atoms with Crippen LogP contribution in [-0.4, -0.2) is 40.4 Å². The lowest BCUT2D eigenvalue weighted by atomic mass is 10.1. The number of likely N-dealkylation sites (tertiary alicyclic amines) is 1. The molecule has 6 nitrogen and oxygen atoms in total. The Labute approximate surface area is 135 Å². The summed E-state index contributed by atoms with van der Waals surface area (Å²) in [6, 6.07) is 7.21. The molecule has 1 heterocycles. The van der Waals surface area contributed by atoms with Gasteiger partial charge in [0.2, 0.25) is 11.8 Å². The van der Waals surface area contributed by atoms with Gasteiger partial charge in [-0.25, -0.2) is 0 Å². The van der Waals surface area contributed by atoms with Crippen LogP contribution >= 0.6 is 0 Å². The van der Waals surface area contributed by atoms with Gasteiger partial charge in [-0.15, -0.1) is 0 Å². The van der Waals surface area contributed by atoms with Crippen LogP contribution in [0, 0.1) is 5.92 Å². The van der Waals surface area contributed by atoms with Gasteiger partial charge in [-0.05, 0) is 25.0 Å². The van der Waals surface area contributed by atoms with E-state index in [2.05, 4.69) is 5.32 Å². The quantitative estimate of drug-likeness (QED) is 0.825. The average molecular weight is 318 g/mol. The third kappa shape index (κ3) is 4.55. The monoisotopic (exact) mass is 318 g/mol. The number of carbonyl (C=O) groups is 3. The number of aliphatic carboxylic acids is 1. The maximum atomic E-state index is 12.2. The number of carbonyl (C=O) groups excluding carboxylic acids is 2. The van der Waals surface area contributed by atoms with E-state index in [1.807, 2.05) is 13.8 Å². The number of nitrogens with one attached hydrogen (secondary N) is 1. The molecule has 0 spiro atoms. The molecule has 1 atom stereocenters. The van der Waals surface area contributed by atoms with Gasteiger partial charge in [0.15, 0.2) is 0 Å². The van der Waals surface area contributed by atoms with E-state index in [9.17, 15) is 14.4 Å². The van der Waals surface area contributed by atoms with Crippen LogP contribution < -0.4 is 5.32 Å². The standard InChI is InChI=1S/C17H22N2O4/c1-11(2)19-10-14(8-15(19)20)17(23)18-9-13-5-3-12(4-6-13)7-16(21)22/h3-6,11,14H,7-10H2,1-2H3,(H,18,23)(H,21,22). The second kappa shape index (κ2) is 7.26. The van der Waals surface area contributed by atoms with E-state index in [1.54, 1.807) is 29.2 Å². The average Bonchev–Trinajstić information content (AvgIpc) is 2.88. The summed E-state index contributed by atoms with van der Waals surface area (Å²) in [6.07, 6.45) is 0.253. The van der Waals surface area contributed by atoms with E-state index in [4.69, 9.17) is 5.11 Å². The Bertz CT molecular complexity index is 595. The SMILES string of the molecule is CC(C)N1CC(C(=O)NCc2ccc(CC(=O)O)cc2)CC1=O. The van der Waals surface area contributed by atoms with E-state index in [0.29, 0.717) is 13.1 Å². The third-order valence-corrected chi connectivity index (χ3v) is 4.00. The third-order valence-electron chi connectivity index (χ3n) is 4.00. The first-order valence-corrected chi connectivity index (χ1v) is 7.73. The summed E-state index contributed by atoms with van der Waals surface area (Å²) < 4.78 is 0. The zero-order valence-electron chi connectivity index (χ0n) is 13.4. The summed E-state index contributed by atoms with van der Waals surface area (Å²) in [7, 11) is 0. The molecule has 1 aromatic carbocycles. The van der Waals surface area contributed by atoms with Crippen molar-refractivity contribution in [3.8, 4) is 0 Å². The van der Waals surface area contributed by atoms with Crippen LogP contribution in [0.5, 0.6) is 0 Å². The van der Waals surface area contributed by atoms with Crippen LogP contribution in [0.25, 0.3) is 0 Å². The second-order valence-corrected chi connectivity index (χ2v) is 6.15. The summed E-state index contributed by atoms with van der Waals surface area (Å²) in [5.74, 6) is -1.25. The van der Waals surface area contributed by atoms with Crippen LogP contribution in [0.1, 0.15) is 31.4 Å². The Balaban J connectivity index is 1.85. The van der Waals surface area contributed by atoms with Gasteiger partial charge in [-0.3, -0.25) is 14.4 Å². The largest absolute Gasteiger partial charge is 0.481 e. The fourth-order valence-electron chi connectivity index (χ4n) is 2.69. The molecule has 0 aromatic heterocycles. The van der Waals surface area contributed by atoms with Crippen molar-refractivity contribution in [2.75, 3.05) is 6.54 Å². The highest BCUT2D eigenvalue weighted by Crippen LogP contribution is 2.20. The van der Waals surface area contributed by atoms with Crippen LogP contribution in [0.15, 0.2) is 24.3 Å². The molecular formula is C17H22N2O4. The minimum Gasteiger partial charge on any atom is -0.481 e. The number of benzene rings is 1. The van der Waals surface area contributed by atoms with E-state index >= 15 is 0 Å². The molecule has 2 rings (SSSR count). The summed E-state index contributed by atoms with van der Waals surface area (Å²) >= 11 is 0. The highest BCUT2D eigenvalue weighted by Gasteiger charge is 2.35. The summed E-state index contributed by atoms with van der Waals surface area (Å²) in [5, 5.41) is 11.6. The minimum absolute atomic E-state index is 0.0120. The Kier molecular flexibility index (Phi) is 5.36. The van der Waals surface area contributed by atoms with Crippen molar-refractivity contribution in [3.63, 3.8) is 0 Å². The molecule has 6 heteroatoms. The second-order valence-electron chi connectivity index (χ2n) is 6.15. The molecule has 2 amide bonds. The highest BCUT2D eigenvalue weighted by molar-refractivity contribution is 5.89. The van der Waals surface area contributed by atoms with Gasteiger partial charge in [-0.2, -0.15) is 0 Å². The van der Waals surface area contributed by atoms with Crippen molar-refractivity contribution in [1.29, 1.82) is 0 Å². The van der Waals surface area contributed by atoms with Crippen LogP contribution in [0.3, 0.4) is 0 Å². The summed E-state index contributed by atoms with van der Waals surface area (Å²) in [6.45, 7) is 4.73. The highest BCUT2D eigenvalue weighted by atomic mass is 16.4. The van der Waals surface area contributed by atoms with Crippen molar-refractivity contribution >= 4 is 17.8 Å². The Hall–Kier alpha value is -2.37. The van der Waals surface area contributed by atoms with E-state index in [0.717, 1.165) is 11.1 Å². The number of nitrogens with zero attached hydrogens (tertiary/aromatic N) is 1. The van der Waals surface area contributed by atoms with Crippen molar-refractivity contribution in [3.05, 3.63) is 35.4 Å². The number of carboxylic acids is 1. The molecule has 1 aromatic rings. The molecule has 1 saturated heterocycles. The van der Waals surface area contributed by atoms with Gasteiger partial charge < -0.3 is 15.3 Å². The molecule has 124 valence electrons. The molecule has 1 unspecified atom stereocenters. The predicted octanol–water partition coefficient (Wildman–Crippen LogP) is 1.19. The van der Waals surface area contributed by atoms with Gasteiger partial charge in [0.05, 0.1) is 12.3 Å². The topological polar surface area (TPSA) is 86.7 Å². The van der Waals surface area contributed by atoms with Gasteiger partial charge in [0.25, 0.3) is 0 Å². The maximum Gasteiger partial charge on any atom is 0.307 e. The lowest BCUT2D eigenvalue weighted by Gasteiger charge is -2.20. The first-order valence-electron chi connectivity index (χ1n) is 7.73. The van der Waals surface area contributed by atoms with Gasteiger partial charge in [-0.1, -0.05) is 24.3 Å². The number of carboxylic acid groups (broad SMARTS) is 1. The Morgan fingerprint density at radius 3 is 2.39 bits per heavy atom. The van der Waals surface area contributed by atoms with Gasteiger partial charge >= 0.3 is 5.97 Å². The van der Waals surface area contributed by atoms with Crippen molar-refractivity contribution in [2.24, 2.45) is 5.92 Å². The molecule has 0 aliphatic carbocycles. The minimum atomic E-state index is -0.869. The Morgan fingerprint density at radius 1 is 1.26 bits per heavy atom. The Morgan fingerprint density at radius 2 is 1.87 bits per heavy atom. The van der Waals surface area contributed by atoms with E-state index in [1.165, 1.54) is 0 Å². The van der Waals surface area contributed by atoms with Crippen molar-refractivity contribution in [1.82, 2.24) is 10.2 Å². The van der Waals surface area contributed by atoms with Crippen LogP contribution in [-0.2, 0) is 27.3 Å². The molecule has 1 fully saturated rings. The zero-order valence-corrected chi connectivity index (χ0v) is 13.4. The molecule has 0 bridgehead atoms. The van der Waals surface area contributed by atoms with Crippen molar-refractivity contribution < 1.29 is 19.5 Å². The van der Waals surface area contributed by atoms with E-state index < -0.39 is 5.97 Å². The lowest BCUT2D eigenvalue weighted by molar-refractivity contribution is -0.136. The molecule has 1 aliphatic heterocycles. The normalized spacial score (nSPS) is 17.6. The number of hydrogen-bond donors (Lipinski definition) is 2. The molecule has 0 saturated carbocycles. The maximum absolute atomic E-state index is 12.2. The summed E-state index contributed by atoms with van der Waals surface area (Å²) in [5.41, 5.74) is 1.62. The zero-order chi connectivity index (χ0) is 17.0. The molecule has 1 aliphatic rings. The fourth-order valence-corrected chi connectivity index (χ4v) is 2.69. The first kappa shape index (κ1) is 17.0. The van der Waals surface area contributed by atoms with E-state index in [-0.39, 0.29) is 36.6 Å². The predicted molar refractivity (Wildman–Crippen MR) is 84.6 cm³/mol. The van der Waals surface area contributed by atoms with Gasteiger partial charge in [0.1, 0.15) is 0 Å². The van der Waals surface area contributed by atoms with Gasteiger partial charge in [0, 0.05) is 25.6 Å². The molecule has 0 radical (unpaired) electrons. The molecule has 2 N–H and O–H groups in total. The van der Waals surface area contributed by atoms with Crippen LogP contribution in [0.4, 0.5) is 0 Å².